The molecule has 8 nitrogen and oxygen atoms in total. The van der Waals surface area contributed by atoms with Crippen molar-refractivity contribution in [3.8, 4) is 0 Å². The number of hydrogen-bond acceptors (Lipinski definition) is 6. The van der Waals surface area contributed by atoms with Crippen LogP contribution in [0.2, 0.25) is 0 Å². The van der Waals surface area contributed by atoms with E-state index in [2.05, 4.69) is 17.0 Å². The predicted molar refractivity (Wildman–Crippen MR) is 116 cm³/mol. The average Bonchev–Trinajstić information content (AvgIpc) is 2.78. The van der Waals surface area contributed by atoms with Crippen LogP contribution >= 0.6 is 0 Å². The largest absolute Gasteiger partial charge is 0.449 e. The lowest BCUT2D eigenvalue weighted by Gasteiger charge is -2.35. The zero-order valence-corrected chi connectivity index (χ0v) is 17.3. The third-order valence-electron chi connectivity index (χ3n) is 5.11. The Morgan fingerprint density at radius 3 is 2.39 bits per heavy atom. The molecule has 0 aliphatic carbocycles. The molecule has 0 N–H and O–H groups in total. The summed E-state index contributed by atoms with van der Waals surface area (Å²) in [4.78, 5) is 39.2. The zero-order valence-electron chi connectivity index (χ0n) is 17.3. The van der Waals surface area contributed by atoms with Crippen molar-refractivity contribution in [2.24, 2.45) is 0 Å². The van der Waals surface area contributed by atoms with E-state index in [9.17, 15) is 19.7 Å². The second-order valence-corrected chi connectivity index (χ2v) is 7.32. The van der Waals surface area contributed by atoms with Gasteiger partial charge in [-0.15, -0.1) is 0 Å². The van der Waals surface area contributed by atoms with Gasteiger partial charge < -0.3 is 9.64 Å². The molecule has 1 saturated heterocycles. The Bertz CT molecular complexity index is 953. The molecule has 1 fully saturated rings. The highest BCUT2D eigenvalue weighted by atomic mass is 16.6. The molecule has 1 aliphatic rings. The molecule has 0 saturated carbocycles. The van der Waals surface area contributed by atoms with Crippen molar-refractivity contribution >= 4 is 23.6 Å². The second-order valence-electron chi connectivity index (χ2n) is 7.32. The monoisotopic (exact) mass is 423 g/mol. The molecular weight excluding hydrogens is 398 g/mol. The van der Waals surface area contributed by atoms with Crippen molar-refractivity contribution in [3.63, 3.8) is 0 Å². The number of hydrogen-bond donors (Lipinski definition) is 0. The van der Waals surface area contributed by atoms with Gasteiger partial charge in [-0.05, 0) is 24.6 Å². The first-order valence-electron chi connectivity index (χ1n) is 10.1. The molecule has 1 unspecified atom stereocenters. The van der Waals surface area contributed by atoms with Gasteiger partial charge in [0, 0.05) is 44.9 Å². The van der Waals surface area contributed by atoms with Crippen LogP contribution in [0.4, 0.5) is 5.69 Å². The van der Waals surface area contributed by atoms with Crippen molar-refractivity contribution in [1.29, 1.82) is 0 Å². The number of nitrogens with zero attached hydrogens (tertiary/aromatic N) is 3. The van der Waals surface area contributed by atoms with Crippen LogP contribution in [0.1, 0.15) is 18.1 Å². The van der Waals surface area contributed by atoms with Crippen LogP contribution in [-0.4, -0.2) is 58.9 Å². The minimum atomic E-state index is -0.927. The lowest BCUT2D eigenvalue weighted by Crippen LogP contribution is -2.51. The van der Waals surface area contributed by atoms with Crippen LogP contribution in [-0.2, 0) is 20.9 Å². The van der Waals surface area contributed by atoms with Gasteiger partial charge in [-0.25, -0.2) is 4.79 Å². The van der Waals surface area contributed by atoms with Crippen LogP contribution in [0.3, 0.4) is 0 Å². The Morgan fingerprint density at radius 1 is 1.06 bits per heavy atom. The predicted octanol–water partition coefficient (Wildman–Crippen LogP) is 2.88. The number of nitro benzene ring substituents is 1. The number of carbonyl (C=O) groups excluding carboxylic acids is 2. The van der Waals surface area contributed by atoms with E-state index in [-0.39, 0.29) is 17.2 Å². The van der Waals surface area contributed by atoms with E-state index in [4.69, 9.17) is 4.74 Å². The molecule has 1 aliphatic heterocycles. The zero-order chi connectivity index (χ0) is 22.2. The lowest BCUT2D eigenvalue weighted by atomic mass is 10.1. The normalized spacial score (nSPS) is 15.6. The maximum Gasteiger partial charge on any atom is 0.331 e. The fourth-order valence-corrected chi connectivity index (χ4v) is 3.44. The van der Waals surface area contributed by atoms with E-state index < -0.39 is 17.0 Å². The van der Waals surface area contributed by atoms with Gasteiger partial charge in [0.05, 0.1) is 10.5 Å². The summed E-state index contributed by atoms with van der Waals surface area (Å²) in [5.41, 5.74) is 1.41. The molecule has 0 radical (unpaired) electrons. The smallest absolute Gasteiger partial charge is 0.331 e. The Morgan fingerprint density at radius 2 is 1.71 bits per heavy atom. The molecule has 1 heterocycles. The van der Waals surface area contributed by atoms with Crippen molar-refractivity contribution in [2.45, 2.75) is 19.6 Å². The van der Waals surface area contributed by atoms with Crippen LogP contribution in [0.15, 0.2) is 60.7 Å². The van der Waals surface area contributed by atoms with Crippen LogP contribution in [0.5, 0.6) is 0 Å². The summed E-state index contributed by atoms with van der Waals surface area (Å²) in [6.07, 6.45) is 1.49. The molecular formula is C23H25N3O5. The first-order valence-corrected chi connectivity index (χ1v) is 10.1. The maximum absolute atomic E-state index is 12.6. The van der Waals surface area contributed by atoms with Crippen molar-refractivity contribution in [2.75, 3.05) is 26.2 Å². The number of carbonyl (C=O) groups is 2. The van der Waals surface area contributed by atoms with E-state index in [1.54, 1.807) is 17.0 Å². The van der Waals surface area contributed by atoms with Gasteiger partial charge in [0.1, 0.15) is 0 Å². The average molecular weight is 423 g/mol. The van der Waals surface area contributed by atoms with Crippen molar-refractivity contribution in [3.05, 3.63) is 81.9 Å². The molecule has 162 valence electrons. The summed E-state index contributed by atoms with van der Waals surface area (Å²) in [5.74, 6) is -0.964. The molecule has 1 amide bonds. The van der Waals surface area contributed by atoms with Crippen LogP contribution < -0.4 is 0 Å². The number of esters is 1. The van der Waals surface area contributed by atoms with E-state index in [1.165, 1.54) is 30.7 Å². The van der Waals surface area contributed by atoms with Gasteiger partial charge in [-0.2, -0.15) is 0 Å². The molecule has 0 bridgehead atoms. The third kappa shape index (κ3) is 6.23. The quantitative estimate of drug-likeness (QED) is 0.294. The summed E-state index contributed by atoms with van der Waals surface area (Å²) in [5, 5.41) is 11.0. The van der Waals surface area contributed by atoms with Crippen molar-refractivity contribution < 1.29 is 19.2 Å². The topological polar surface area (TPSA) is 93.0 Å². The van der Waals surface area contributed by atoms with E-state index in [1.807, 2.05) is 18.2 Å². The summed E-state index contributed by atoms with van der Waals surface area (Å²) in [6, 6.07) is 16.2. The Balaban J connectivity index is 1.48. The fraction of sp³-hybridized carbons (Fsp3) is 0.304. The Hall–Kier alpha value is -3.52. The number of rotatable bonds is 7. The van der Waals surface area contributed by atoms with Gasteiger partial charge >= 0.3 is 5.97 Å². The fourth-order valence-electron chi connectivity index (χ4n) is 3.44. The number of amides is 1. The molecule has 8 heteroatoms. The van der Waals surface area contributed by atoms with E-state index in [0.29, 0.717) is 13.1 Å². The van der Waals surface area contributed by atoms with Gasteiger partial charge in [0.25, 0.3) is 11.6 Å². The molecule has 31 heavy (non-hydrogen) atoms. The maximum atomic E-state index is 12.6. The van der Waals surface area contributed by atoms with Crippen LogP contribution in [0.25, 0.3) is 6.08 Å². The van der Waals surface area contributed by atoms with E-state index in [0.717, 1.165) is 25.7 Å². The minimum absolute atomic E-state index is 0.107. The van der Waals surface area contributed by atoms with Gasteiger partial charge in [-0.3, -0.25) is 19.8 Å². The minimum Gasteiger partial charge on any atom is -0.449 e. The Kier molecular flexibility index (Phi) is 7.50. The van der Waals surface area contributed by atoms with Crippen LogP contribution in [0, 0.1) is 10.1 Å². The summed E-state index contributed by atoms with van der Waals surface area (Å²) in [7, 11) is 0. The van der Waals surface area contributed by atoms with E-state index >= 15 is 0 Å². The summed E-state index contributed by atoms with van der Waals surface area (Å²) < 4.78 is 5.21. The number of benzene rings is 2. The molecule has 1 atom stereocenters. The number of nitro groups is 1. The number of piperazine rings is 1. The molecule has 0 spiro atoms. The highest BCUT2D eigenvalue weighted by Gasteiger charge is 2.26. The Labute approximate surface area is 180 Å². The van der Waals surface area contributed by atoms with Gasteiger partial charge in [0.15, 0.2) is 6.10 Å². The lowest BCUT2D eigenvalue weighted by molar-refractivity contribution is -0.385. The summed E-state index contributed by atoms with van der Waals surface area (Å²) in [6.45, 7) is 5.01. The summed E-state index contributed by atoms with van der Waals surface area (Å²) >= 11 is 0. The van der Waals surface area contributed by atoms with Gasteiger partial charge in [0.2, 0.25) is 0 Å². The molecule has 3 rings (SSSR count). The third-order valence-corrected chi connectivity index (χ3v) is 5.11. The molecule has 0 aromatic heterocycles. The highest BCUT2D eigenvalue weighted by molar-refractivity contribution is 5.91. The number of ether oxygens (including phenoxy) is 1. The highest BCUT2D eigenvalue weighted by Crippen LogP contribution is 2.19. The standard InChI is InChI=1S/C23H25N3O5/c1-18(31-22(27)12-11-20-9-5-6-10-21(20)26(29)30)23(28)25-15-13-24(14-16-25)17-19-7-3-2-4-8-19/h2-12,18H,13-17H2,1H3/b12-11+. The number of para-hydroxylation sites is 1. The molecule has 2 aromatic rings. The molecule has 2 aromatic carbocycles. The van der Waals surface area contributed by atoms with Gasteiger partial charge in [-0.1, -0.05) is 42.5 Å². The first-order chi connectivity index (χ1) is 14.9. The first kappa shape index (κ1) is 22.2. The second kappa shape index (κ2) is 10.5. The van der Waals surface area contributed by atoms with Crippen molar-refractivity contribution in [1.82, 2.24) is 9.80 Å². The SMILES string of the molecule is CC(OC(=O)/C=C/c1ccccc1[N+](=O)[O-])C(=O)N1CCN(Cc2ccccc2)CC1.